The second-order valence-corrected chi connectivity index (χ2v) is 8.45. The third-order valence-corrected chi connectivity index (χ3v) is 6.12. The Labute approximate surface area is 151 Å². The van der Waals surface area contributed by atoms with E-state index in [1.54, 1.807) is 42.4 Å². The Hall–Kier alpha value is -2.61. The molecule has 0 saturated carbocycles. The number of likely N-dealkylation sites (tertiary alicyclic amines) is 1. The van der Waals surface area contributed by atoms with Gasteiger partial charge in [-0.2, -0.15) is 0 Å². The minimum absolute atomic E-state index is 0.0222. The lowest BCUT2D eigenvalue weighted by Crippen LogP contribution is -2.27. The predicted molar refractivity (Wildman–Crippen MR) is 95.0 cm³/mol. The van der Waals surface area contributed by atoms with Crippen LogP contribution in [-0.4, -0.2) is 37.4 Å². The van der Waals surface area contributed by atoms with E-state index in [-0.39, 0.29) is 28.9 Å². The summed E-state index contributed by atoms with van der Waals surface area (Å²) in [5.74, 6) is -0.102. The molecule has 8 heteroatoms. The maximum atomic E-state index is 12.4. The van der Waals surface area contributed by atoms with Crippen LogP contribution < -0.4 is 5.32 Å². The number of rotatable bonds is 6. The molecule has 1 aliphatic rings. The van der Waals surface area contributed by atoms with Gasteiger partial charge in [-0.15, -0.1) is 0 Å². The van der Waals surface area contributed by atoms with Crippen LogP contribution in [0, 0.1) is 5.92 Å². The molecule has 1 saturated heterocycles. The van der Waals surface area contributed by atoms with Crippen molar-refractivity contribution in [3.63, 3.8) is 0 Å². The van der Waals surface area contributed by atoms with Gasteiger partial charge in [0.25, 0.3) is 0 Å². The number of carbonyl (C=O) groups is 2. The second-order valence-electron chi connectivity index (χ2n) is 6.17. The average molecular weight is 376 g/mol. The van der Waals surface area contributed by atoms with Gasteiger partial charge in [-0.05, 0) is 36.4 Å². The molecule has 3 rings (SSSR count). The van der Waals surface area contributed by atoms with E-state index in [0.717, 1.165) is 0 Å². The van der Waals surface area contributed by atoms with Crippen LogP contribution in [0.2, 0.25) is 0 Å². The summed E-state index contributed by atoms with van der Waals surface area (Å²) in [5, 5.41) is 2.74. The fourth-order valence-electron chi connectivity index (χ4n) is 2.85. The summed E-state index contributed by atoms with van der Waals surface area (Å²) in [7, 11) is -3.27. The van der Waals surface area contributed by atoms with Gasteiger partial charge < -0.3 is 14.6 Å². The number of furan rings is 1. The summed E-state index contributed by atoms with van der Waals surface area (Å²) in [6.07, 6.45) is 1.69. The van der Waals surface area contributed by atoms with Crippen molar-refractivity contribution in [2.75, 3.05) is 17.6 Å². The summed E-state index contributed by atoms with van der Waals surface area (Å²) in [4.78, 5) is 26.3. The first-order valence-corrected chi connectivity index (χ1v) is 9.98. The lowest BCUT2D eigenvalue weighted by atomic mass is 10.1. The van der Waals surface area contributed by atoms with Crippen LogP contribution in [0.5, 0.6) is 0 Å². The summed E-state index contributed by atoms with van der Waals surface area (Å²) < 4.78 is 28.9. The molecule has 26 heavy (non-hydrogen) atoms. The SMILES string of the molecule is CCS(=O)(=O)c1ccc(NC(=O)C2CC(=O)N(Cc3ccco3)C2)cc1. The van der Waals surface area contributed by atoms with E-state index in [9.17, 15) is 18.0 Å². The minimum Gasteiger partial charge on any atom is -0.467 e. The summed E-state index contributed by atoms with van der Waals surface area (Å²) >= 11 is 0. The third kappa shape index (κ3) is 3.96. The first kappa shape index (κ1) is 18.2. The molecular weight excluding hydrogens is 356 g/mol. The molecule has 2 heterocycles. The smallest absolute Gasteiger partial charge is 0.229 e. The second kappa shape index (κ2) is 7.33. The number of nitrogens with zero attached hydrogens (tertiary/aromatic N) is 1. The molecule has 1 aliphatic heterocycles. The van der Waals surface area contributed by atoms with Crippen molar-refractivity contribution in [1.82, 2.24) is 4.90 Å². The highest BCUT2D eigenvalue weighted by Crippen LogP contribution is 2.23. The molecule has 0 radical (unpaired) electrons. The Bertz CT molecular complexity index is 888. The van der Waals surface area contributed by atoms with Crippen LogP contribution in [-0.2, 0) is 26.0 Å². The van der Waals surface area contributed by atoms with Crippen molar-refractivity contribution < 1.29 is 22.4 Å². The zero-order valence-corrected chi connectivity index (χ0v) is 15.2. The number of carbonyl (C=O) groups excluding carboxylic acids is 2. The zero-order chi connectivity index (χ0) is 18.7. The molecule has 138 valence electrons. The Morgan fingerprint density at radius 3 is 2.62 bits per heavy atom. The molecule has 7 nitrogen and oxygen atoms in total. The van der Waals surface area contributed by atoms with E-state index in [0.29, 0.717) is 24.5 Å². The van der Waals surface area contributed by atoms with E-state index in [4.69, 9.17) is 4.42 Å². The van der Waals surface area contributed by atoms with Crippen LogP contribution >= 0.6 is 0 Å². The van der Waals surface area contributed by atoms with Gasteiger partial charge >= 0.3 is 0 Å². The minimum atomic E-state index is -3.27. The number of sulfone groups is 1. The lowest BCUT2D eigenvalue weighted by molar-refractivity contribution is -0.128. The molecular formula is C18H20N2O5S. The van der Waals surface area contributed by atoms with E-state index in [2.05, 4.69) is 5.32 Å². The van der Waals surface area contributed by atoms with Gasteiger partial charge in [-0.25, -0.2) is 8.42 Å². The number of nitrogens with one attached hydrogen (secondary N) is 1. The maximum absolute atomic E-state index is 12.4. The molecule has 1 unspecified atom stereocenters. The number of anilines is 1. The van der Waals surface area contributed by atoms with Crippen molar-refractivity contribution >= 4 is 27.3 Å². The molecule has 0 bridgehead atoms. The van der Waals surface area contributed by atoms with E-state index in [1.807, 2.05) is 0 Å². The van der Waals surface area contributed by atoms with Crippen molar-refractivity contribution in [3.05, 3.63) is 48.4 Å². The molecule has 2 amide bonds. The van der Waals surface area contributed by atoms with Crippen molar-refractivity contribution in [2.24, 2.45) is 5.92 Å². The number of amides is 2. The monoisotopic (exact) mass is 376 g/mol. The fourth-order valence-corrected chi connectivity index (χ4v) is 3.73. The van der Waals surface area contributed by atoms with Crippen LogP contribution in [0.4, 0.5) is 5.69 Å². The Morgan fingerprint density at radius 1 is 1.27 bits per heavy atom. The molecule has 1 aromatic carbocycles. The third-order valence-electron chi connectivity index (χ3n) is 4.37. The number of benzene rings is 1. The van der Waals surface area contributed by atoms with E-state index < -0.39 is 15.8 Å². The molecule has 1 fully saturated rings. The standard InChI is InChI=1S/C18H20N2O5S/c1-2-26(23,24)16-7-5-14(6-8-16)19-18(22)13-10-17(21)20(11-13)12-15-4-3-9-25-15/h3-9,13H,2,10-12H2,1H3,(H,19,22). The van der Waals surface area contributed by atoms with E-state index in [1.165, 1.54) is 12.1 Å². The molecule has 2 aromatic rings. The Balaban J connectivity index is 1.61. The molecule has 0 aliphatic carbocycles. The number of hydrogen-bond donors (Lipinski definition) is 1. The van der Waals surface area contributed by atoms with Gasteiger partial charge in [-0.3, -0.25) is 9.59 Å². The van der Waals surface area contributed by atoms with Crippen LogP contribution in [0.1, 0.15) is 19.1 Å². The molecule has 1 atom stereocenters. The number of hydrogen-bond acceptors (Lipinski definition) is 5. The van der Waals surface area contributed by atoms with E-state index >= 15 is 0 Å². The molecule has 1 aromatic heterocycles. The van der Waals surface area contributed by atoms with Crippen LogP contribution in [0.3, 0.4) is 0 Å². The largest absolute Gasteiger partial charge is 0.467 e. The average Bonchev–Trinajstić information content (AvgIpc) is 3.26. The van der Waals surface area contributed by atoms with Gasteiger partial charge in [0, 0.05) is 18.7 Å². The van der Waals surface area contributed by atoms with Crippen molar-refractivity contribution in [1.29, 1.82) is 0 Å². The zero-order valence-electron chi connectivity index (χ0n) is 14.3. The Kier molecular flexibility index (Phi) is 5.13. The molecule has 0 spiro atoms. The Morgan fingerprint density at radius 2 is 2.00 bits per heavy atom. The van der Waals surface area contributed by atoms with Crippen LogP contribution in [0.25, 0.3) is 0 Å². The van der Waals surface area contributed by atoms with Crippen molar-refractivity contribution in [3.8, 4) is 0 Å². The molecule has 1 N–H and O–H groups in total. The lowest BCUT2D eigenvalue weighted by Gasteiger charge is -2.15. The summed E-state index contributed by atoms with van der Waals surface area (Å²) in [5.41, 5.74) is 0.502. The fraction of sp³-hybridized carbons (Fsp3) is 0.333. The van der Waals surface area contributed by atoms with Crippen molar-refractivity contribution in [2.45, 2.75) is 24.8 Å². The van der Waals surface area contributed by atoms with Gasteiger partial charge in [0.1, 0.15) is 5.76 Å². The first-order valence-electron chi connectivity index (χ1n) is 8.33. The normalized spacial score (nSPS) is 17.5. The summed E-state index contributed by atoms with van der Waals surface area (Å²) in [6.45, 7) is 2.25. The van der Waals surface area contributed by atoms with Gasteiger partial charge in [-0.1, -0.05) is 6.92 Å². The topological polar surface area (TPSA) is 96.7 Å². The van der Waals surface area contributed by atoms with Gasteiger partial charge in [0.15, 0.2) is 9.84 Å². The van der Waals surface area contributed by atoms with Gasteiger partial charge in [0.05, 0.1) is 29.4 Å². The quantitative estimate of drug-likeness (QED) is 0.832. The highest BCUT2D eigenvalue weighted by molar-refractivity contribution is 7.91. The first-order chi connectivity index (χ1) is 12.4. The predicted octanol–water partition coefficient (Wildman–Crippen LogP) is 2.06. The van der Waals surface area contributed by atoms with Gasteiger partial charge in [0.2, 0.25) is 11.8 Å². The van der Waals surface area contributed by atoms with Crippen LogP contribution in [0.15, 0.2) is 52.0 Å². The maximum Gasteiger partial charge on any atom is 0.229 e. The summed E-state index contributed by atoms with van der Waals surface area (Å²) in [6, 6.07) is 9.58. The highest BCUT2D eigenvalue weighted by Gasteiger charge is 2.34. The highest BCUT2D eigenvalue weighted by atomic mass is 32.2.